The van der Waals surface area contributed by atoms with Crippen LogP contribution in [0.15, 0.2) is 28.7 Å². The maximum atomic E-state index is 13.9. The highest BCUT2D eigenvalue weighted by Gasteiger charge is 2.22. The smallest absolute Gasteiger partial charge is 0.190 e. The van der Waals surface area contributed by atoms with Crippen molar-refractivity contribution in [2.24, 2.45) is 0 Å². The first kappa shape index (κ1) is 19.5. The van der Waals surface area contributed by atoms with Crippen molar-refractivity contribution < 1.29 is 14.2 Å². The number of benzene rings is 1. The first-order valence-electron chi connectivity index (χ1n) is 7.71. The number of halogens is 2. The van der Waals surface area contributed by atoms with Crippen molar-refractivity contribution in [2.45, 2.75) is 45.6 Å². The number of thiophene rings is 1. The molecule has 1 aromatic heterocycles. The van der Waals surface area contributed by atoms with Crippen LogP contribution in [-0.2, 0) is 23.2 Å². The number of aliphatic hydroxyl groups is 1. The summed E-state index contributed by atoms with van der Waals surface area (Å²) in [5.41, 5.74) is 1.60. The van der Waals surface area contributed by atoms with Gasteiger partial charge < -0.3 is 15.2 Å². The van der Waals surface area contributed by atoms with Crippen LogP contribution >= 0.6 is 27.3 Å². The van der Waals surface area contributed by atoms with Gasteiger partial charge >= 0.3 is 0 Å². The lowest BCUT2D eigenvalue weighted by Gasteiger charge is -2.15. The topological polar surface area (TPSA) is 41.5 Å². The third-order valence-electron chi connectivity index (χ3n) is 3.67. The fourth-order valence-corrected chi connectivity index (χ4v) is 3.80. The molecule has 132 valence electrons. The van der Waals surface area contributed by atoms with Crippen molar-refractivity contribution >= 4 is 27.3 Å². The summed E-state index contributed by atoms with van der Waals surface area (Å²) in [4.78, 5) is 1.98. The highest BCUT2D eigenvalue weighted by atomic mass is 79.9. The Bertz CT molecular complexity index is 697. The predicted molar refractivity (Wildman–Crippen MR) is 99.6 cm³/mol. The molecule has 1 atom stereocenters. The zero-order valence-corrected chi connectivity index (χ0v) is 16.7. The van der Waals surface area contributed by atoms with Gasteiger partial charge in [0, 0.05) is 35.1 Å². The van der Waals surface area contributed by atoms with Gasteiger partial charge in [-0.25, -0.2) is 4.39 Å². The van der Waals surface area contributed by atoms with Gasteiger partial charge in [0.05, 0.1) is 4.88 Å². The second kappa shape index (κ2) is 8.06. The summed E-state index contributed by atoms with van der Waals surface area (Å²) in [6.07, 6.45) is -0.938. The van der Waals surface area contributed by atoms with Crippen LogP contribution < -0.4 is 5.32 Å². The van der Waals surface area contributed by atoms with Crippen molar-refractivity contribution in [1.29, 1.82) is 0 Å². The van der Waals surface area contributed by atoms with Crippen LogP contribution in [0, 0.1) is 5.82 Å². The minimum atomic E-state index is -0.938. The average molecular weight is 416 g/mol. The quantitative estimate of drug-likeness (QED) is 0.660. The molecule has 0 saturated carbocycles. The molecule has 0 fully saturated rings. The fourth-order valence-electron chi connectivity index (χ4n) is 2.26. The summed E-state index contributed by atoms with van der Waals surface area (Å²) in [5, 5.41) is 13.3. The molecule has 1 heterocycles. The molecule has 0 amide bonds. The van der Waals surface area contributed by atoms with Crippen molar-refractivity contribution in [3.05, 3.63) is 55.4 Å². The summed E-state index contributed by atoms with van der Waals surface area (Å²) in [6, 6.07) is 7.13. The summed E-state index contributed by atoms with van der Waals surface area (Å²) in [6.45, 7) is 7.36. The van der Waals surface area contributed by atoms with Crippen LogP contribution in [0.3, 0.4) is 0 Å². The molecule has 3 nitrogen and oxygen atoms in total. The lowest BCUT2D eigenvalue weighted by molar-refractivity contribution is -0.0748. The van der Waals surface area contributed by atoms with E-state index < -0.39 is 6.29 Å². The first-order valence-corrected chi connectivity index (χ1v) is 9.32. The molecule has 2 rings (SSSR count). The number of rotatable bonds is 6. The van der Waals surface area contributed by atoms with Gasteiger partial charge in [-0.3, -0.25) is 0 Å². The predicted octanol–water partition coefficient (Wildman–Crippen LogP) is 4.87. The third-order valence-corrected chi connectivity index (χ3v) is 5.80. The van der Waals surface area contributed by atoms with Gasteiger partial charge in [-0.05, 0) is 29.2 Å². The number of methoxy groups -OCH3 is 1. The Morgan fingerprint density at radius 3 is 2.50 bits per heavy atom. The lowest BCUT2D eigenvalue weighted by Crippen LogP contribution is -2.15. The molecule has 0 bridgehead atoms. The highest BCUT2D eigenvalue weighted by Crippen LogP contribution is 2.36. The van der Waals surface area contributed by atoms with Gasteiger partial charge in [0.15, 0.2) is 6.29 Å². The first-order chi connectivity index (χ1) is 11.2. The molecule has 0 radical (unpaired) electrons. The minimum absolute atomic E-state index is 0.00292. The van der Waals surface area contributed by atoms with Gasteiger partial charge in [0.25, 0.3) is 0 Å². The van der Waals surface area contributed by atoms with Crippen LogP contribution in [0.25, 0.3) is 0 Å². The molecule has 0 aliphatic carbocycles. The molecule has 0 aliphatic heterocycles. The number of aliphatic hydroxyl groups excluding tert-OH is 1. The summed E-state index contributed by atoms with van der Waals surface area (Å²) >= 11 is 4.81. The van der Waals surface area contributed by atoms with Gasteiger partial charge in [-0.1, -0.05) is 42.8 Å². The van der Waals surface area contributed by atoms with E-state index in [2.05, 4.69) is 48.1 Å². The van der Waals surface area contributed by atoms with Gasteiger partial charge in [-0.2, -0.15) is 0 Å². The molecule has 2 N–H and O–H groups in total. The Kier molecular flexibility index (Phi) is 6.56. The van der Waals surface area contributed by atoms with Crippen LogP contribution in [0.2, 0.25) is 0 Å². The molecule has 1 unspecified atom stereocenters. The van der Waals surface area contributed by atoms with Crippen LogP contribution in [0.4, 0.5) is 4.39 Å². The average Bonchev–Trinajstić information content (AvgIpc) is 2.93. The molecule has 0 spiro atoms. The van der Waals surface area contributed by atoms with E-state index in [9.17, 15) is 9.50 Å². The van der Waals surface area contributed by atoms with Crippen LogP contribution in [0.5, 0.6) is 0 Å². The van der Waals surface area contributed by atoms with E-state index in [1.54, 1.807) is 17.4 Å². The fraction of sp³-hybridized carbons (Fsp3) is 0.444. The van der Waals surface area contributed by atoms with E-state index in [1.807, 2.05) is 6.07 Å². The maximum Gasteiger partial charge on any atom is 0.190 e. The largest absolute Gasteiger partial charge is 0.364 e. The van der Waals surface area contributed by atoms with Crippen molar-refractivity contribution in [3.8, 4) is 0 Å². The van der Waals surface area contributed by atoms with E-state index in [1.165, 1.54) is 18.1 Å². The number of nitrogens with one attached hydrogen (secondary N) is 1. The molecule has 0 saturated heterocycles. The Labute approximate surface area is 155 Å². The van der Waals surface area contributed by atoms with E-state index in [0.29, 0.717) is 18.7 Å². The zero-order valence-electron chi connectivity index (χ0n) is 14.3. The summed E-state index contributed by atoms with van der Waals surface area (Å²) < 4.78 is 19.7. The summed E-state index contributed by atoms with van der Waals surface area (Å²) in [7, 11) is 1.48. The number of hydrogen-bond acceptors (Lipinski definition) is 4. The Balaban J connectivity index is 2.12. The second-order valence-corrected chi connectivity index (χ2v) is 8.68. The molecular formula is C18H23BrFNO2S. The van der Waals surface area contributed by atoms with E-state index in [0.717, 1.165) is 14.9 Å². The van der Waals surface area contributed by atoms with Crippen molar-refractivity contribution in [3.63, 3.8) is 0 Å². The minimum Gasteiger partial charge on any atom is -0.364 e. The normalized spacial score (nSPS) is 13.3. The maximum absolute atomic E-state index is 13.9. The molecular weight excluding hydrogens is 393 g/mol. The van der Waals surface area contributed by atoms with E-state index >= 15 is 0 Å². The van der Waals surface area contributed by atoms with Crippen LogP contribution in [-0.4, -0.2) is 12.2 Å². The third kappa shape index (κ3) is 4.86. The SMILES string of the molecule is COC(O)c1sc(C(C)(C)C)cc1CNCc1ccc(Br)cc1F. The second-order valence-electron chi connectivity index (χ2n) is 6.68. The van der Waals surface area contributed by atoms with Gasteiger partial charge in [0.1, 0.15) is 5.82 Å². The van der Waals surface area contributed by atoms with E-state index in [-0.39, 0.29) is 11.2 Å². The zero-order chi connectivity index (χ0) is 17.9. The van der Waals surface area contributed by atoms with Crippen LogP contribution in [0.1, 0.15) is 47.9 Å². The lowest BCUT2D eigenvalue weighted by atomic mass is 9.94. The standard InChI is InChI=1S/C18H23BrFNO2S/c1-18(2,3)15-7-12(16(24-15)17(22)23-4)10-21-9-11-5-6-13(19)8-14(11)20/h5-8,17,21-22H,9-10H2,1-4H3. The van der Waals surface area contributed by atoms with Crippen molar-refractivity contribution in [2.75, 3.05) is 7.11 Å². The van der Waals surface area contributed by atoms with E-state index in [4.69, 9.17) is 4.74 Å². The number of ether oxygens (including phenoxy) is 1. The Morgan fingerprint density at radius 2 is 1.92 bits per heavy atom. The van der Waals surface area contributed by atoms with Gasteiger partial charge in [-0.15, -0.1) is 11.3 Å². The monoisotopic (exact) mass is 415 g/mol. The van der Waals surface area contributed by atoms with Gasteiger partial charge in [0.2, 0.25) is 0 Å². The summed E-state index contributed by atoms with van der Waals surface area (Å²) in [5.74, 6) is -0.241. The molecule has 24 heavy (non-hydrogen) atoms. The number of hydrogen-bond donors (Lipinski definition) is 2. The molecule has 0 aliphatic rings. The Morgan fingerprint density at radius 1 is 1.25 bits per heavy atom. The molecule has 2 aromatic rings. The Hall–Kier alpha value is -0.790. The molecule has 1 aromatic carbocycles. The molecule has 6 heteroatoms. The van der Waals surface area contributed by atoms with Crippen molar-refractivity contribution in [1.82, 2.24) is 5.32 Å². The highest BCUT2D eigenvalue weighted by molar-refractivity contribution is 9.10.